The number of carbonyl (C=O) groups excluding carboxylic acids is 3. The zero-order chi connectivity index (χ0) is 49.4. The normalized spacial score (nSPS) is 18.9. The van der Waals surface area contributed by atoms with Crippen molar-refractivity contribution in [2.24, 2.45) is 10.4 Å². The number of thiophene rings is 1. The number of aliphatic hydroxyl groups is 1. The Labute approximate surface area is 410 Å². The molecule has 4 aromatic heterocycles. The van der Waals surface area contributed by atoms with Crippen molar-refractivity contribution in [2.75, 3.05) is 19.8 Å². The van der Waals surface area contributed by atoms with E-state index < -0.39 is 47.3 Å². The van der Waals surface area contributed by atoms with E-state index in [4.69, 9.17) is 22.7 Å². The Balaban J connectivity index is 0.850. The molecule has 8 rings (SSSR count). The van der Waals surface area contributed by atoms with Gasteiger partial charge in [-0.1, -0.05) is 80.6 Å². The predicted molar refractivity (Wildman–Crippen MR) is 264 cm³/mol. The molecule has 0 bridgehead atoms. The predicted octanol–water partition coefficient (Wildman–Crippen LogP) is 7.32. The summed E-state index contributed by atoms with van der Waals surface area (Å²) >= 11 is 9.37. The van der Waals surface area contributed by atoms with Crippen LogP contribution >= 0.6 is 34.3 Å². The number of aryl methyl sites for hydroxylation is 3. The molecule has 2 aliphatic heterocycles. The van der Waals surface area contributed by atoms with Crippen LogP contribution in [0.2, 0.25) is 5.02 Å². The van der Waals surface area contributed by atoms with Gasteiger partial charge in [0.15, 0.2) is 5.82 Å². The number of carbonyl (C=O) groups is 3. The number of hydrogen-bond acceptors (Lipinski definition) is 12. The summed E-state index contributed by atoms with van der Waals surface area (Å²) in [5.41, 5.74) is 8.37. The number of aromatic nitrogens is 6. The zero-order valence-electron chi connectivity index (χ0n) is 40.3. The van der Waals surface area contributed by atoms with E-state index in [2.05, 4.69) is 54.2 Å². The fourth-order valence-corrected chi connectivity index (χ4v) is 10.5. The Bertz CT molecular complexity index is 2980. The summed E-state index contributed by atoms with van der Waals surface area (Å²) in [6.07, 6.45) is 1.81. The number of thiazole rings is 1. The molecule has 3 N–H and O–H groups in total. The first-order valence-electron chi connectivity index (χ1n) is 22.9. The number of benzene rings is 2. The van der Waals surface area contributed by atoms with Gasteiger partial charge in [-0.25, -0.2) is 4.98 Å². The number of amides is 3. The van der Waals surface area contributed by atoms with E-state index in [-0.39, 0.29) is 32.2 Å². The van der Waals surface area contributed by atoms with Crippen molar-refractivity contribution in [1.82, 2.24) is 45.1 Å². The van der Waals surface area contributed by atoms with Gasteiger partial charge in [0, 0.05) is 48.5 Å². The van der Waals surface area contributed by atoms with Gasteiger partial charge >= 0.3 is 0 Å². The molecule has 5 atom stereocenters. The summed E-state index contributed by atoms with van der Waals surface area (Å²) in [5, 5.41) is 31.5. The van der Waals surface area contributed by atoms with Crippen molar-refractivity contribution in [1.29, 1.82) is 0 Å². The molecule has 15 nitrogen and oxygen atoms in total. The number of fused-ring (bicyclic) bond motifs is 3. The SMILES string of the molecule is [2H][C@@]1(O)C[C@@H](C(=O)N[C@@H](C)c2ccc(-c3scnc3C)cc2)N(C(=O)[C@@H](NC(=O)COCCCn2cc(C#Cc3sc4c(c3C)C(c3ccc(Cl)cc3)=N[C@@H](C)c3nnc(C)n3-4)cn2)C(C)(C)C)C1. The third-order valence-corrected chi connectivity index (χ3v) is 14.5. The van der Waals surface area contributed by atoms with Gasteiger partial charge in [0.05, 0.1) is 51.9 Å². The maximum Gasteiger partial charge on any atom is 0.246 e. The van der Waals surface area contributed by atoms with E-state index >= 15 is 0 Å². The standard InChI is InChI=1S/C50H55ClN10O5S2/c1-28-40(68-49-42(28)43(35-15-17-37(51)18-16-35)54-31(4)46-58-57-32(5)61(46)49)19-10-33-23-53-59(24-33)20-9-21-66-26-41(63)56-45(50(6,7)8)48(65)60-25-38(62)22-39(60)47(64)55-29(2)34-11-13-36(14-12-34)44-30(3)52-27-67-44/h11-18,23-24,27,29,31,38-39,45,62H,9,20-22,25-26H2,1-8H3,(H,55,64)(H,56,63)/t29-,31-,38+,39-,45+/m0/s1/i38D. The Morgan fingerprint density at radius 1 is 1.04 bits per heavy atom. The molecule has 18 heteroatoms. The minimum Gasteiger partial charge on any atom is -0.391 e. The molecule has 354 valence electrons. The molecule has 6 heterocycles. The van der Waals surface area contributed by atoms with E-state index in [0.29, 0.717) is 18.0 Å². The maximum atomic E-state index is 14.2. The molecule has 0 saturated carbocycles. The van der Waals surface area contributed by atoms with Crippen LogP contribution in [0.5, 0.6) is 0 Å². The van der Waals surface area contributed by atoms with Gasteiger partial charge in [-0.05, 0) is 75.3 Å². The van der Waals surface area contributed by atoms with Gasteiger partial charge in [-0.3, -0.25) is 28.6 Å². The number of likely N-dealkylation sites (tertiary alicyclic amines) is 1. The molecule has 0 spiro atoms. The van der Waals surface area contributed by atoms with Crippen LogP contribution in [0.1, 0.15) is 111 Å². The summed E-state index contributed by atoms with van der Waals surface area (Å²) in [6.45, 7) is 15.3. The van der Waals surface area contributed by atoms with Gasteiger partial charge in [0.2, 0.25) is 17.7 Å². The number of ether oxygens (including phenoxy) is 1. The van der Waals surface area contributed by atoms with Crippen molar-refractivity contribution in [3.8, 4) is 27.3 Å². The van der Waals surface area contributed by atoms with Gasteiger partial charge in [0.25, 0.3) is 0 Å². The third-order valence-electron chi connectivity index (χ3n) is 12.0. The fraction of sp³-hybridized carbons (Fsp3) is 0.400. The van der Waals surface area contributed by atoms with E-state index in [1.165, 1.54) is 4.90 Å². The van der Waals surface area contributed by atoms with Gasteiger partial charge < -0.3 is 25.4 Å². The second-order valence-electron chi connectivity index (χ2n) is 18.2. The lowest BCUT2D eigenvalue weighted by molar-refractivity contribution is -0.144. The van der Waals surface area contributed by atoms with Crippen LogP contribution in [0, 0.1) is 38.0 Å². The van der Waals surface area contributed by atoms with Crippen LogP contribution in [0.3, 0.4) is 0 Å². The van der Waals surface area contributed by atoms with E-state index in [1.54, 1.807) is 59.8 Å². The summed E-state index contributed by atoms with van der Waals surface area (Å²) in [6, 6.07) is 12.7. The van der Waals surface area contributed by atoms with Gasteiger partial charge in [-0.15, -0.1) is 32.9 Å². The van der Waals surface area contributed by atoms with E-state index in [9.17, 15) is 19.5 Å². The van der Waals surface area contributed by atoms with Crippen molar-refractivity contribution in [2.45, 2.75) is 105 Å². The number of halogens is 1. The van der Waals surface area contributed by atoms with Crippen LogP contribution < -0.4 is 10.6 Å². The Morgan fingerprint density at radius 2 is 1.78 bits per heavy atom. The van der Waals surface area contributed by atoms with Crippen LogP contribution in [0.25, 0.3) is 15.4 Å². The van der Waals surface area contributed by atoms with E-state index in [0.717, 1.165) is 71.2 Å². The first-order valence-corrected chi connectivity index (χ1v) is 24.5. The number of aliphatic imine (C=N–C) groups is 1. The number of nitrogens with zero attached hydrogens (tertiary/aromatic N) is 8. The second kappa shape index (κ2) is 20.3. The molecule has 0 radical (unpaired) electrons. The molecule has 6 aromatic rings. The number of nitrogens with one attached hydrogen (secondary N) is 2. The fourth-order valence-electron chi connectivity index (χ4n) is 8.35. The molecular formula is C50H55ClN10O5S2. The lowest BCUT2D eigenvalue weighted by Gasteiger charge is -2.35. The molecule has 1 fully saturated rings. The number of hydrogen-bond donors (Lipinski definition) is 3. The van der Waals surface area contributed by atoms with Crippen molar-refractivity contribution in [3.63, 3.8) is 0 Å². The minimum absolute atomic E-state index is 0.216. The lowest BCUT2D eigenvalue weighted by Crippen LogP contribution is -2.58. The van der Waals surface area contributed by atoms with E-state index in [1.807, 2.05) is 82.4 Å². The molecule has 2 aromatic carbocycles. The van der Waals surface area contributed by atoms with Crippen LogP contribution in [0.4, 0.5) is 0 Å². The third kappa shape index (κ3) is 10.5. The van der Waals surface area contributed by atoms with Gasteiger partial charge in [0.1, 0.15) is 35.6 Å². The lowest BCUT2D eigenvalue weighted by atomic mass is 9.85. The molecular weight excluding hydrogens is 920 g/mol. The van der Waals surface area contributed by atoms with Crippen molar-refractivity contribution < 1.29 is 25.6 Å². The molecule has 2 aliphatic rings. The molecule has 0 unspecified atom stereocenters. The summed E-state index contributed by atoms with van der Waals surface area (Å²) in [7, 11) is 0. The summed E-state index contributed by atoms with van der Waals surface area (Å²) < 4.78 is 18.0. The second-order valence-corrected chi connectivity index (χ2v) is 20.5. The first-order chi connectivity index (χ1) is 32.8. The molecule has 68 heavy (non-hydrogen) atoms. The van der Waals surface area contributed by atoms with Crippen LogP contribution in [-0.2, 0) is 25.7 Å². The molecule has 0 aliphatic carbocycles. The Hall–Kier alpha value is -6.03. The van der Waals surface area contributed by atoms with Crippen molar-refractivity contribution >= 4 is 57.7 Å². The van der Waals surface area contributed by atoms with Crippen LogP contribution in [-0.4, -0.2) is 101 Å². The highest BCUT2D eigenvalue weighted by Gasteiger charge is 2.45. The topological polar surface area (TPSA) is 182 Å². The largest absolute Gasteiger partial charge is 0.391 e. The quantitative estimate of drug-likeness (QED) is 0.0790. The van der Waals surface area contributed by atoms with Gasteiger partial charge in [-0.2, -0.15) is 5.10 Å². The average molecular weight is 977 g/mol. The summed E-state index contributed by atoms with van der Waals surface area (Å²) in [4.78, 5) is 53.8. The Kier molecular flexibility index (Phi) is 14.0. The summed E-state index contributed by atoms with van der Waals surface area (Å²) in [5.74, 6) is 6.61. The average Bonchev–Trinajstić information content (AvgIpc) is 4.14. The zero-order valence-corrected chi connectivity index (χ0v) is 41.6. The monoisotopic (exact) mass is 975 g/mol. The van der Waals surface area contributed by atoms with Crippen molar-refractivity contribution in [3.05, 3.63) is 121 Å². The van der Waals surface area contributed by atoms with Crippen LogP contribution in [0.15, 0.2) is 71.4 Å². The smallest absolute Gasteiger partial charge is 0.246 e. The Morgan fingerprint density at radius 3 is 2.49 bits per heavy atom. The highest BCUT2D eigenvalue weighted by Crippen LogP contribution is 2.39. The number of rotatable bonds is 13. The first kappa shape index (κ1) is 47.1. The minimum atomic E-state index is -2.05. The molecule has 1 saturated heterocycles. The highest BCUT2D eigenvalue weighted by atomic mass is 35.5. The molecule has 3 amide bonds. The maximum absolute atomic E-state index is 14.2. The number of β-amino-alcohol motifs (C(OH)–C–C–N with tert-alkyl or cyclic N) is 1. The highest BCUT2D eigenvalue weighted by molar-refractivity contribution is 7.15.